The zero-order valence-electron chi connectivity index (χ0n) is 18.8. The number of esters is 1. The molecule has 0 saturated carbocycles. The highest BCUT2D eigenvalue weighted by atomic mass is 35.5. The number of carbonyl (C=O) groups excluding carboxylic acids is 2. The molecular formula is C28H20Cl2N2O4. The minimum atomic E-state index is -1.93. The molecule has 180 valence electrons. The van der Waals surface area contributed by atoms with Crippen LogP contribution in [-0.2, 0) is 10.4 Å². The van der Waals surface area contributed by atoms with E-state index >= 15 is 0 Å². The summed E-state index contributed by atoms with van der Waals surface area (Å²) in [5.41, 5.74) is 2.13. The number of aliphatic hydroxyl groups is 1. The van der Waals surface area contributed by atoms with Gasteiger partial charge in [0.05, 0.1) is 16.8 Å². The quantitative estimate of drug-likeness (QED) is 0.144. The monoisotopic (exact) mass is 518 g/mol. The van der Waals surface area contributed by atoms with Crippen LogP contribution >= 0.6 is 23.2 Å². The fraction of sp³-hybridized carbons (Fsp3) is 0.0357. The van der Waals surface area contributed by atoms with Gasteiger partial charge in [0.15, 0.2) is 5.60 Å². The second-order valence-electron chi connectivity index (χ2n) is 7.72. The summed E-state index contributed by atoms with van der Waals surface area (Å²) >= 11 is 11.9. The van der Waals surface area contributed by atoms with E-state index in [1.165, 1.54) is 18.3 Å². The topological polar surface area (TPSA) is 88.0 Å². The number of amides is 1. The van der Waals surface area contributed by atoms with Gasteiger partial charge in [0, 0.05) is 5.02 Å². The number of benzene rings is 4. The third kappa shape index (κ3) is 5.63. The maximum absolute atomic E-state index is 13.1. The van der Waals surface area contributed by atoms with Crippen molar-refractivity contribution in [2.45, 2.75) is 5.60 Å². The van der Waals surface area contributed by atoms with Crippen LogP contribution in [0.25, 0.3) is 0 Å². The second kappa shape index (κ2) is 11.2. The van der Waals surface area contributed by atoms with Gasteiger partial charge in [-0.15, -0.1) is 0 Å². The van der Waals surface area contributed by atoms with Crippen molar-refractivity contribution in [1.82, 2.24) is 5.43 Å². The van der Waals surface area contributed by atoms with E-state index in [2.05, 4.69) is 10.5 Å². The zero-order valence-corrected chi connectivity index (χ0v) is 20.3. The van der Waals surface area contributed by atoms with Gasteiger partial charge in [-0.25, -0.2) is 10.2 Å². The normalized spacial score (nSPS) is 11.3. The highest BCUT2D eigenvalue weighted by Gasteiger charge is 2.39. The first kappa shape index (κ1) is 25.1. The molecule has 0 radical (unpaired) electrons. The van der Waals surface area contributed by atoms with Gasteiger partial charge < -0.3 is 9.84 Å². The van der Waals surface area contributed by atoms with E-state index in [0.717, 1.165) is 0 Å². The molecule has 0 aromatic heterocycles. The number of hydrazone groups is 1. The van der Waals surface area contributed by atoms with E-state index in [9.17, 15) is 14.7 Å². The lowest BCUT2D eigenvalue weighted by molar-refractivity contribution is -0.136. The third-order valence-corrected chi connectivity index (χ3v) is 5.88. The number of rotatable bonds is 7. The van der Waals surface area contributed by atoms with Crippen LogP contribution in [0, 0.1) is 0 Å². The number of ether oxygens (including phenoxy) is 1. The van der Waals surface area contributed by atoms with E-state index in [-0.39, 0.29) is 10.6 Å². The van der Waals surface area contributed by atoms with E-state index in [4.69, 9.17) is 27.9 Å². The molecular weight excluding hydrogens is 499 g/mol. The van der Waals surface area contributed by atoms with Crippen molar-refractivity contribution in [1.29, 1.82) is 0 Å². The Morgan fingerprint density at radius 3 is 1.97 bits per heavy atom. The molecule has 0 aliphatic heterocycles. The average Bonchev–Trinajstić information content (AvgIpc) is 2.90. The molecule has 0 unspecified atom stereocenters. The first-order valence-corrected chi connectivity index (χ1v) is 11.6. The summed E-state index contributed by atoms with van der Waals surface area (Å²) in [6.45, 7) is 0. The summed E-state index contributed by atoms with van der Waals surface area (Å²) in [7, 11) is 0. The Morgan fingerprint density at radius 2 is 1.42 bits per heavy atom. The lowest BCUT2D eigenvalue weighted by atomic mass is 9.85. The van der Waals surface area contributed by atoms with Gasteiger partial charge in [-0.2, -0.15) is 5.10 Å². The summed E-state index contributed by atoms with van der Waals surface area (Å²) in [6, 6.07) is 28.2. The maximum atomic E-state index is 13.1. The van der Waals surface area contributed by atoms with Crippen LogP contribution in [0.1, 0.15) is 27.0 Å². The van der Waals surface area contributed by atoms with Crippen LogP contribution in [-0.4, -0.2) is 23.2 Å². The number of halogens is 2. The molecule has 4 aromatic rings. The third-order valence-electron chi connectivity index (χ3n) is 5.33. The average molecular weight is 519 g/mol. The molecule has 36 heavy (non-hydrogen) atoms. The minimum absolute atomic E-state index is 0.193. The standard InChI is InChI=1S/C28H20Cl2N2O4/c29-22-13-16-24(25(30)17-22)26(33)36-23-14-11-19(12-15-23)18-31-32-27(34)28(35,20-7-3-1-4-8-20)21-9-5-2-6-10-21/h1-18,35H,(H,32,34). The second-order valence-corrected chi connectivity index (χ2v) is 8.57. The first-order chi connectivity index (χ1) is 17.4. The van der Waals surface area contributed by atoms with Crippen LogP contribution in [0.2, 0.25) is 10.0 Å². The van der Waals surface area contributed by atoms with Gasteiger partial charge in [-0.3, -0.25) is 4.79 Å². The van der Waals surface area contributed by atoms with Crippen LogP contribution in [0.3, 0.4) is 0 Å². The number of nitrogens with zero attached hydrogens (tertiary/aromatic N) is 1. The fourth-order valence-electron chi connectivity index (χ4n) is 3.47. The maximum Gasteiger partial charge on any atom is 0.345 e. The lowest BCUT2D eigenvalue weighted by Gasteiger charge is -2.27. The molecule has 1 amide bonds. The van der Waals surface area contributed by atoms with E-state index in [1.54, 1.807) is 91.0 Å². The zero-order chi connectivity index (χ0) is 25.5. The molecule has 0 spiro atoms. The summed E-state index contributed by atoms with van der Waals surface area (Å²) in [5.74, 6) is -1.03. The van der Waals surface area contributed by atoms with Gasteiger partial charge in [-0.1, -0.05) is 83.9 Å². The number of hydrogen-bond acceptors (Lipinski definition) is 5. The van der Waals surface area contributed by atoms with Crippen LogP contribution in [0.15, 0.2) is 108 Å². The van der Waals surface area contributed by atoms with Gasteiger partial charge in [0.25, 0.3) is 5.91 Å². The molecule has 0 fully saturated rings. The molecule has 6 nitrogen and oxygen atoms in total. The number of nitrogens with one attached hydrogen (secondary N) is 1. The van der Waals surface area contributed by atoms with Crippen molar-refractivity contribution >= 4 is 41.3 Å². The van der Waals surface area contributed by atoms with Crippen LogP contribution in [0.5, 0.6) is 5.75 Å². The fourth-order valence-corrected chi connectivity index (χ4v) is 3.96. The van der Waals surface area contributed by atoms with Crippen LogP contribution in [0.4, 0.5) is 0 Å². The highest BCUT2D eigenvalue weighted by molar-refractivity contribution is 6.36. The Bertz CT molecular complexity index is 1350. The lowest BCUT2D eigenvalue weighted by Crippen LogP contribution is -2.43. The SMILES string of the molecule is O=C(Oc1ccc(C=NNC(=O)C(O)(c2ccccc2)c2ccccc2)cc1)c1ccc(Cl)cc1Cl. The van der Waals surface area contributed by atoms with E-state index in [0.29, 0.717) is 27.5 Å². The van der Waals surface area contributed by atoms with Crippen molar-refractivity contribution in [2.75, 3.05) is 0 Å². The summed E-state index contributed by atoms with van der Waals surface area (Å²) in [4.78, 5) is 25.4. The van der Waals surface area contributed by atoms with E-state index in [1.807, 2.05) is 0 Å². The van der Waals surface area contributed by atoms with Gasteiger partial charge >= 0.3 is 5.97 Å². The molecule has 2 N–H and O–H groups in total. The van der Waals surface area contributed by atoms with Gasteiger partial charge in [0.1, 0.15) is 5.75 Å². The van der Waals surface area contributed by atoms with Crippen molar-refractivity contribution in [3.63, 3.8) is 0 Å². The van der Waals surface area contributed by atoms with Crippen molar-refractivity contribution < 1.29 is 19.4 Å². The molecule has 0 saturated heterocycles. The molecule has 0 bridgehead atoms. The molecule has 4 rings (SSSR count). The summed E-state index contributed by atoms with van der Waals surface area (Å²) in [5, 5.41) is 16.0. The molecule has 8 heteroatoms. The predicted octanol–water partition coefficient (Wildman–Crippen LogP) is 5.60. The van der Waals surface area contributed by atoms with Gasteiger partial charge in [-0.05, 0) is 59.2 Å². The molecule has 4 aromatic carbocycles. The Hall–Kier alpha value is -3.97. The van der Waals surface area contributed by atoms with Crippen molar-refractivity contribution in [2.24, 2.45) is 5.10 Å². The Kier molecular flexibility index (Phi) is 7.80. The van der Waals surface area contributed by atoms with Crippen LogP contribution < -0.4 is 10.2 Å². The smallest absolute Gasteiger partial charge is 0.345 e. The minimum Gasteiger partial charge on any atom is -0.423 e. The van der Waals surface area contributed by atoms with Gasteiger partial charge in [0.2, 0.25) is 0 Å². The molecule has 0 aliphatic carbocycles. The van der Waals surface area contributed by atoms with E-state index < -0.39 is 17.5 Å². The molecule has 0 aliphatic rings. The molecule has 0 atom stereocenters. The Morgan fingerprint density at radius 1 is 0.833 bits per heavy atom. The Labute approximate surface area is 217 Å². The summed E-state index contributed by atoms with van der Waals surface area (Å²) < 4.78 is 5.35. The summed E-state index contributed by atoms with van der Waals surface area (Å²) in [6.07, 6.45) is 1.41. The number of hydrogen-bond donors (Lipinski definition) is 2. The predicted molar refractivity (Wildman–Crippen MR) is 139 cm³/mol. The largest absolute Gasteiger partial charge is 0.423 e. The first-order valence-electron chi connectivity index (χ1n) is 10.8. The molecule has 0 heterocycles. The van der Waals surface area contributed by atoms with Crippen molar-refractivity contribution in [3.8, 4) is 5.75 Å². The Balaban J connectivity index is 1.44. The van der Waals surface area contributed by atoms with Crippen molar-refractivity contribution in [3.05, 3.63) is 135 Å². The highest BCUT2D eigenvalue weighted by Crippen LogP contribution is 2.30. The number of carbonyl (C=O) groups is 2.